The van der Waals surface area contributed by atoms with Crippen molar-refractivity contribution in [1.29, 1.82) is 0 Å². The van der Waals surface area contributed by atoms with Crippen molar-refractivity contribution in [2.24, 2.45) is 5.41 Å². The fraction of sp³-hybridized carbons (Fsp3) is 0.526. The Morgan fingerprint density at radius 2 is 2.12 bits per heavy atom. The lowest BCUT2D eigenvalue weighted by molar-refractivity contribution is 0.0510. The number of benzene rings is 1. The smallest absolute Gasteiger partial charge is 0.273 e. The summed E-state index contributed by atoms with van der Waals surface area (Å²) in [5, 5.41) is 14.7. The Bertz CT molecular complexity index is 760. The second-order valence-corrected chi connectivity index (χ2v) is 7.14. The summed E-state index contributed by atoms with van der Waals surface area (Å²) in [6.07, 6.45) is 1.96. The van der Waals surface area contributed by atoms with Crippen LogP contribution in [0.2, 0.25) is 0 Å². The van der Waals surface area contributed by atoms with Crippen molar-refractivity contribution < 1.29 is 9.53 Å². The van der Waals surface area contributed by atoms with E-state index in [0.717, 1.165) is 42.9 Å². The first-order valence-corrected chi connectivity index (χ1v) is 9.02. The summed E-state index contributed by atoms with van der Waals surface area (Å²) in [6.45, 7) is 7.01. The number of hydrogen-bond donors (Lipinski definition) is 2. The highest BCUT2D eigenvalue weighted by molar-refractivity contribution is 5.93. The molecule has 0 aliphatic carbocycles. The predicted molar refractivity (Wildman–Crippen MR) is 99.6 cm³/mol. The molecule has 0 saturated carbocycles. The van der Waals surface area contributed by atoms with Crippen molar-refractivity contribution in [2.75, 3.05) is 33.4 Å². The summed E-state index contributed by atoms with van der Waals surface area (Å²) in [5.74, 6) is -0.185. The Balaban J connectivity index is 1.72. The maximum atomic E-state index is 12.7. The lowest BCUT2D eigenvalue weighted by Crippen LogP contribution is -2.47. The quantitative estimate of drug-likeness (QED) is 0.821. The molecule has 1 aliphatic heterocycles. The van der Waals surface area contributed by atoms with Crippen LogP contribution in [-0.2, 0) is 4.74 Å². The summed E-state index contributed by atoms with van der Waals surface area (Å²) in [5.41, 5.74) is 3.13. The molecular weight excluding hydrogens is 330 g/mol. The second kappa shape index (κ2) is 7.97. The van der Waals surface area contributed by atoms with Gasteiger partial charge in [-0.05, 0) is 57.5 Å². The Kier molecular flexibility index (Phi) is 5.68. The van der Waals surface area contributed by atoms with Crippen molar-refractivity contribution in [3.63, 3.8) is 0 Å². The van der Waals surface area contributed by atoms with Crippen molar-refractivity contribution in [2.45, 2.75) is 26.7 Å². The molecule has 1 aromatic heterocycles. The van der Waals surface area contributed by atoms with Gasteiger partial charge in [-0.2, -0.15) is 0 Å². The van der Waals surface area contributed by atoms with Gasteiger partial charge < -0.3 is 15.4 Å². The van der Waals surface area contributed by atoms with Crippen LogP contribution in [0.1, 0.15) is 34.6 Å². The van der Waals surface area contributed by atoms with E-state index < -0.39 is 0 Å². The number of piperidine rings is 1. The van der Waals surface area contributed by atoms with Gasteiger partial charge in [0, 0.05) is 19.1 Å². The number of aryl methyl sites for hydroxylation is 1. The number of methoxy groups -OCH3 is 1. The Labute approximate surface area is 154 Å². The zero-order valence-corrected chi connectivity index (χ0v) is 15.7. The molecule has 1 aliphatic rings. The summed E-state index contributed by atoms with van der Waals surface area (Å²) in [6, 6.07) is 7.97. The number of nitrogens with one attached hydrogen (secondary N) is 2. The largest absolute Gasteiger partial charge is 0.384 e. The highest BCUT2D eigenvalue weighted by Crippen LogP contribution is 2.28. The van der Waals surface area contributed by atoms with Crippen LogP contribution in [0.15, 0.2) is 24.3 Å². The topological polar surface area (TPSA) is 81.1 Å². The average Bonchev–Trinajstić information content (AvgIpc) is 3.02. The molecule has 3 rings (SSSR count). The summed E-state index contributed by atoms with van der Waals surface area (Å²) in [7, 11) is 1.71. The van der Waals surface area contributed by atoms with Gasteiger partial charge in [-0.25, -0.2) is 4.68 Å². The summed E-state index contributed by atoms with van der Waals surface area (Å²) in [4.78, 5) is 12.7. The molecule has 1 aromatic carbocycles. The predicted octanol–water partition coefficient (Wildman–Crippen LogP) is 1.63. The van der Waals surface area contributed by atoms with Crippen LogP contribution in [0.3, 0.4) is 0 Å². The van der Waals surface area contributed by atoms with Crippen LogP contribution in [0.5, 0.6) is 0 Å². The SMILES string of the molecule is COCC1(CNC(=O)c2nnn(-c3cccc(C)c3)c2C)CCNCC1. The van der Waals surface area contributed by atoms with Gasteiger partial charge in [0.15, 0.2) is 5.69 Å². The van der Waals surface area contributed by atoms with E-state index in [2.05, 4.69) is 20.9 Å². The van der Waals surface area contributed by atoms with Crippen molar-refractivity contribution >= 4 is 5.91 Å². The number of carbonyl (C=O) groups excluding carboxylic acids is 1. The number of rotatable bonds is 6. The van der Waals surface area contributed by atoms with Crippen LogP contribution in [0, 0.1) is 19.3 Å². The fourth-order valence-electron chi connectivity index (χ4n) is 3.53. The minimum absolute atomic E-state index is 0.0178. The molecule has 7 nitrogen and oxygen atoms in total. The first kappa shape index (κ1) is 18.5. The first-order chi connectivity index (χ1) is 12.5. The molecule has 1 fully saturated rings. The number of ether oxygens (including phenoxy) is 1. The van der Waals surface area contributed by atoms with Crippen molar-refractivity contribution in [3.8, 4) is 5.69 Å². The second-order valence-electron chi connectivity index (χ2n) is 7.14. The van der Waals surface area contributed by atoms with E-state index >= 15 is 0 Å². The Hall–Kier alpha value is -2.25. The van der Waals surface area contributed by atoms with E-state index in [1.54, 1.807) is 11.8 Å². The minimum atomic E-state index is -0.185. The molecule has 1 saturated heterocycles. The molecule has 2 heterocycles. The molecule has 2 N–H and O–H groups in total. The third kappa shape index (κ3) is 3.94. The monoisotopic (exact) mass is 357 g/mol. The molecule has 0 unspecified atom stereocenters. The zero-order chi connectivity index (χ0) is 18.6. The van der Waals surface area contributed by atoms with E-state index in [4.69, 9.17) is 4.74 Å². The highest BCUT2D eigenvalue weighted by Gasteiger charge is 2.33. The Morgan fingerprint density at radius 3 is 2.81 bits per heavy atom. The summed E-state index contributed by atoms with van der Waals surface area (Å²) < 4.78 is 7.11. The van der Waals surface area contributed by atoms with Gasteiger partial charge >= 0.3 is 0 Å². The molecule has 7 heteroatoms. The maximum absolute atomic E-state index is 12.7. The molecule has 0 spiro atoms. The fourth-order valence-corrected chi connectivity index (χ4v) is 3.53. The molecule has 26 heavy (non-hydrogen) atoms. The van der Waals surface area contributed by atoms with Crippen LogP contribution < -0.4 is 10.6 Å². The molecule has 2 aromatic rings. The first-order valence-electron chi connectivity index (χ1n) is 9.02. The van der Waals surface area contributed by atoms with Crippen molar-refractivity contribution in [3.05, 3.63) is 41.2 Å². The van der Waals surface area contributed by atoms with Crippen LogP contribution in [-0.4, -0.2) is 54.3 Å². The molecule has 1 amide bonds. The van der Waals surface area contributed by atoms with Gasteiger partial charge in [-0.3, -0.25) is 4.79 Å². The highest BCUT2D eigenvalue weighted by atomic mass is 16.5. The van der Waals surface area contributed by atoms with E-state index in [1.165, 1.54) is 0 Å². The number of amides is 1. The molecule has 0 atom stereocenters. The number of carbonyl (C=O) groups is 1. The maximum Gasteiger partial charge on any atom is 0.273 e. The normalized spacial score (nSPS) is 16.4. The van der Waals surface area contributed by atoms with Gasteiger partial charge in [-0.15, -0.1) is 5.10 Å². The van der Waals surface area contributed by atoms with Crippen LogP contribution >= 0.6 is 0 Å². The van der Waals surface area contributed by atoms with E-state index in [9.17, 15) is 4.79 Å². The van der Waals surface area contributed by atoms with E-state index in [-0.39, 0.29) is 11.3 Å². The van der Waals surface area contributed by atoms with Crippen LogP contribution in [0.25, 0.3) is 5.69 Å². The average molecular weight is 357 g/mol. The summed E-state index contributed by atoms with van der Waals surface area (Å²) >= 11 is 0. The number of nitrogens with zero attached hydrogens (tertiary/aromatic N) is 3. The molecule has 0 radical (unpaired) electrons. The van der Waals surface area contributed by atoms with Gasteiger partial charge in [0.25, 0.3) is 5.91 Å². The van der Waals surface area contributed by atoms with E-state index in [0.29, 0.717) is 18.8 Å². The minimum Gasteiger partial charge on any atom is -0.384 e. The molecule has 0 bridgehead atoms. The third-order valence-corrected chi connectivity index (χ3v) is 5.09. The van der Waals surface area contributed by atoms with Gasteiger partial charge in [0.05, 0.1) is 18.0 Å². The third-order valence-electron chi connectivity index (χ3n) is 5.09. The Morgan fingerprint density at radius 1 is 1.35 bits per heavy atom. The van der Waals surface area contributed by atoms with Gasteiger partial charge in [0.2, 0.25) is 0 Å². The zero-order valence-electron chi connectivity index (χ0n) is 15.7. The molecule has 140 valence electrons. The van der Waals surface area contributed by atoms with Crippen molar-refractivity contribution in [1.82, 2.24) is 25.6 Å². The number of hydrogen-bond acceptors (Lipinski definition) is 5. The van der Waals surface area contributed by atoms with Crippen LogP contribution in [0.4, 0.5) is 0 Å². The standard InChI is InChI=1S/C19H27N5O2/c1-14-5-4-6-16(11-14)24-15(2)17(22-23-24)18(25)21-12-19(13-26-3)7-9-20-10-8-19/h4-6,11,20H,7-10,12-13H2,1-3H3,(H,21,25). The molecular formula is C19H27N5O2. The lowest BCUT2D eigenvalue weighted by atomic mass is 9.79. The van der Waals surface area contributed by atoms with Gasteiger partial charge in [-0.1, -0.05) is 17.3 Å². The number of aromatic nitrogens is 3. The van der Waals surface area contributed by atoms with Gasteiger partial charge in [0.1, 0.15) is 0 Å². The van der Waals surface area contributed by atoms with E-state index in [1.807, 2.05) is 38.1 Å². The lowest BCUT2D eigenvalue weighted by Gasteiger charge is -2.37.